The normalized spacial score (nSPS) is 17.3. The van der Waals surface area contributed by atoms with Crippen molar-refractivity contribution in [3.05, 3.63) is 35.4 Å². The molecule has 1 unspecified atom stereocenters. The predicted molar refractivity (Wildman–Crippen MR) is 98.2 cm³/mol. The van der Waals surface area contributed by atoms with Gasteiger partial charge in [0, 0.05) is 26.7 Å². The summed E-state index contributed by atoms with van der Waals surface area (Å²) in [6.45, 7) is 7.01. The number of hydrogen-bond donors (Lipinski definition) is 0. The molecule has 2 rings (SSSR count). The molecule has 1 heterocycles. The lowest BCUT2D eigenvalue weighted by Gasteiger charge is -2.35. The fourth-order valence-electron chi connectivity index (χ4n) is 3.02. The lowest BCUT2D eigenvalue weighted by Crippen LogP contribution is -2.47. The Morgan fingerprint density at radius 2 is 1.96 bits per heavy atom. The van der Waals surface area contributed by atoms with Crippen molar-refractivity contribution in [3.63, 3.8) is 0 Å². The smallest absolute Gasteiger partial charge is 0.410 e. The maximum Gasteiger partial charge on any atom is 0.410 e. The van der Waals surface area contributed by atoms with E-state index >= 15 is 0 Å². The summed E-state index contributed by atoms with van der Waals surface area (Å²) in [6, 6.07) is 9.30. The molecule has 0 aliphatic carbocycles. The van der Waals surface area contributed by atoms with E-state index < -0.39 is 5.60 Å². The van der Waals surface area contributed by atoms with Crippen molar-refractivity contribution in [2.75, 3.05) is 20.1 Å². The summed E-state index contributed by atoms with van der Waals surface area (Å²) >= 11 is 0. The van der Waals surface area contributed by atoms with E-state index in [-0.39, 0.29) is 17.9 Å². The third kappa shape index (κ3) is 5.48. The van der Waals surface area contributed by atoms with Gasteiger partial charge in [0.15, 0.2) is 0 Å². The summed E-state index contributed by atoms with van der Waals surface area (Å²) < 4.78 is 5.42. The maximum absolute atomic E-state index is 12.8. The fraction of sp³-hybridized carbons (Fsp3) is 0.550. The first-order valence-electron chi connectivity index (χ1n) is 8.91. The van der Waals surface area contributed by atoms with Crippen LogP contribution in [0, 0.1) is 17.2 Å². The molecule has 1 aromatic rings. The monoisotopic (exact) mass is 357 g/mol. The molecule has 2 amide bonds. The second kappa shape index (κ2) is 8.22. The first-order chi connectivity index (χ1) is 12.2. The van der Waals surface area contributed by atoms with Crippen LogP contribution in [0.15, 0.2) is 24.3 Å². The topological polar surface area (TPSA) is 73.6 Å². The number of nitriles is 1. The van der Waals surface area contributed by atoms with Gasteiger partial charge in [-0.3, -0.25) is 4.79 Å². The van der Waals surface area contributed by atoms with Gasteiger partial charge in [0.25, 0.3) is 0 Å². The molecular formula is C20H27N3O3. The molecule has 0 bridgehead atoms. The fourth-order valence-corrected chi connectivity index (χ4v) is 3.02. The first-order valence-corrected chi connectivity index (χ1v) is 8.91. The summed E-state index contributed by atoms with van der Waals surface area (Å²) in [5.41, 5.74) is 1.03. The van der Waals surface area contributed by atoms with Crippen LogP contribution in [0.3, 0.4) is 0 Å². The summed E-state index contributed by atoms with van der Waals surface area (Å²) in [6.07, 6.45) is 1.21. The number of benzene rings is 1. The SMILES string of the molecule is CN(Cc1ccc(C#N)cc1)C(=O)C1CCCN(C(=O)OC(C)(C)C)C1. The van der Waals surface area contributed by atoms with E-state index in [9.17, 15) is 9.59 Å². The summed E-state index contributed by atoms with van der Waals surface area (Å²) in [5, 5.41) is 8.85. The van der Waals surface area contributed by atoms with Gasteiger partial charge in [-0.05, 0) is 51.3 Å². The number of carbonyl (C=O) groups excluding carboxylic acids is 2. The highest BCUT2D eigenvalue weighted by atomic mass is 16.6. The molecule has 0 saturated carbocycles. The molecule has 1 fully saturated rings. The van der Waals surface area contributed by atoms with Crippen molar-refractivity contribution < 1.29 is 14.3 Å². The molecule has 1 aliphatic rings. The van der Waals surface area contributed by atoms with Crippen LogP contribution in [0.2, 0.25) is 0 Å². The molecule has 140 valence electrons. The predicted octanol–water partition coefficient (Wildman–Crippen LogP) is 3.16. The minimum absolute atomic E-state index is 0.0302. The van der Waals surface area contributed by atoms with E-state index in [1.807, 2.05) is 32.9 Å². The van der Waals surface area contributed by atoms with Crippen LogP contribution in [-0.4, -0.2) is 47.5 Å². The van der Waals surface area contributed by atoms with Crippen molar-refractivity contribution in [2.24, 2.45) is 5.92 Å². The van der Waals surface area contributed by atoms with Crippen LogP contribution in [-0.2, 0) is 16.1 Å². The molecule has 1 saturated heterocycles. The zero-order valence-electron chi connectivity index (χ0n) is 16.0. The number of amides is 2. The third-order valence-corrected chi connectivity index (χ3v) is 4.30. The number of rotatable bonds is 3. The number of ether oxygens (including phenoxy) is 1. The van der Waals surface area contributed by atoms with E-state index in [2.05, 4.69) is 6.07 Å². The maximum atomic E-state index is 12.8. The number of hydrogen-bond acceptors (Lipinski definition) is 4. The van der Waals surface area contributed by atoms with Crippen molar-refractivity contribution in [1.82, 2.24) is 9.80 Å². The van der Waals surface area contributed by atoms with Gasteiger partial charge >= 0.3 is 6.09 Å². The van der Waals surface area contributed by atoms with Gasteiger partial charge in [0.05, 0.1) is 17.6 Å². The second-order valence-electron chi connectivity index (χ2n) is 7.77. The van der Waals surface area contributed by atoms with Crippen LogP contribution in [0.5, 0.6) is 0 Å². The van der Waals surface area contributed by atoms with Crippen LogP contribution < -0.4 is 0 Å². The molecule has 26 heavy (non-hydrogen) atoms. The molecule has 6 nitrogen and oxygen atoms in total. The van der Waals surface area contributed by atoms with Crippen LogP contribution in [0.4, 0.5) is 4.79 Å². The molecule has 6 heteroatoms. The van der Waals surface area contributed by atoms with Crippen LogP contribution >= 0.6 is 0 Å². The van der Waals surface area contributed by atoms with Crippen LogP contribution in [0.1, 0.15) is 44.7 Å². The summed E-state index contributed by atoms with van der Waals surface area (Å²) in [5.74, 6) is -0.178. The number of carbonyl (C=O) groups is 2. The van der Waals surface area contributed by atoms with E-state index in [1.54, 1.807) is 29.0 Å². The summed E-state index contributed by atoms with van der Waals surface area (Å²) in [4.78, 5) is 28.3. The van der Waals surface area contributed by atoms with Crippen molar-refractivity contribution in [2.45, 2.75) is 45.8 Å². The lowest BCUT2D eigenvalue weighted by atomic mass is 9.96. The van der Waals surface area contributed by atoms with Gasteiger partial charge in [-0.25, -0.2) is 4.79 Å². The van der Waals surface area contributed by atoms with Crippen molar-refractivity contribution >= 4 is 12.0 Å². The van der Waals surface area contributed by atoms with Crippen molar-refractivity contribution in [3.8, 4) is 6.07 Å². The van der Waals surface area contributed by atoms with E-state index in [4.69, 9.17) is 10.00 Å². The van der Waals surface area contributed by atoms with E-state index in [1.165, 1.54) is 0 Å². The standard InChI is InChI=1S/C20H27N3O3/c1-20(2,3)26-19(25)23-11-5-6-17(14-23)18(24)22(4)13-16-9-7-15(12-21)8-10-16/h7-10,17H,5-6,11,13-14H2,1-4H3. The molecular weight excluding hydrogens is 330 g/mol. The Hall–Kier alpha value is -2.55. The van der Waals surface area contributed by atoms with E-state index in [0.29, 0.717) is 25.2 Å². The number of likely N-dealkylation sites (tertiary alicyclic amines) is 1. The lowest BCUT2D eigenvalue weighted by molar-refractivity contribution is -0.136. The van der Waals surface area contributed by atoms with E-state index in [0.717, 1.165) is 18.4 Å². The quantitative estimate of drug-likeness (QED) is 0.833. The third-order valence-electron chi connectivity index (χ3n) is 4.30. The van der Waals surface area contributed by atoms with Gasteiger partial charge in [-0.1, -0.05) is 12.1 Å². The molecule has 1 atom stereocenters. The van der Waals surface area contributed by atoms with Crippen molar-refractivity contribution in [1.29, 1.82) is 5.26 Å². The Morgan fingerprint density at radius 1 is 1.31 bits per heavy atom. The van der Waals surface area contributed by atoms with Gasteiger partial charge in [-0.2, -0.15) is 5.26 Å². The molecule has 0 radical (unpaired) electrons. The largest absolute Gasteiger partial charge is 0.444 e. The molecule has 0 aromatic heterocycles. The molecule has 0 N–H and O–H groups in total. The average Bonchev–Trinajstić information content (AvgIpc) is 2.60. The molecule has 1 aliphatic heterocycles. The Balaban J connectivity index is 1.94. The van der Waals surface area contributed by atoms with Gasteiger partial charge in [0.1, 0.15) is 5.60 Å². The zero-order valence-corrected chi connectivity index (χ0v) is 16.0. The highest BCUT2D eigenvalue weighted by Gasteiger charge is 2.32. The Morgan fingerprint density at radius 3 is 2.54 bits per heavy atom. The van der Waals surface area contributed by atoms with Crippen LogP contribution in [0.25, 0.3) is 0 Å². The first kappa shape index (κ1) is 19.8. The molecule has 1 aromatic carbocycles. The minimum atomic E-state index is -0.541. The number of nitrogens with zero attached hydrogens (tertiary/aromatic N) is 3. The Labute approximate surface area is 155 Å². The zero-order chi connectivity index (χ0) is 19.3. The Bertz CT molecular complexity index is 686. The minimum Gasteiger partial charge on any atom is -0.444 e. The summed E-state index contributed by atoms with van der Waals surface area (Å²) in [7, 11) is 1.77. The second-order valence-corrected chi connectivity index (χ2v) is 7.77. The van der Waals surface area contributed by atoms with Gasteiger partial charge < -0.3 is 14.5 Å². The highest BCUT2D eigenvalue weighted by Crippen LogP contribution is 2.21. The number of piperidine rings is 1. The Kier molecular flexibility index (Phi) is 6.25. The van der Waals surface area contributed by atoms with Gasteiger partial charge in [-0.15, -0.1) is 0 Å². The van der Waals surface area contributed by atoms with Gasteiger partial charge in [0.2, 0.25) is 5.91 Å². The highest BCUT2D eigenvalue weighted by molar-refractivity contribution is 5.80. The molecule has 0 spiro atoms. The average molecular weight is 357 g/mol.